The van der Waals surface area contributed by atoms with Gasteiger partial charge in [-0.2, -0.15) is 0 Å². The molecule has 3 fully saturated rings. The highest BCUT2D eigenvalue weighted by Crippen LogP contribution is 2.34. The second kappa shape index (κ2) is 8.11. The smallest absolute Gasteiger partial charge is 0.227 e. The molecule has 2 aliphatic carbocycles. The molecule has 6 nitrogen and oxygen atoms in total. The molecule has 1 aliphatic heterocycles. The average Bonchev–Trinajstić information content (AvgIpc) is 3.58. The van der Waals surface area contributed by atoms with Crippen molar-refractivity contribution in [2.24, 2.45) is 11.8 Å². The second-order valence-electron chi connectivity index (χ2n) is 8.63. The van der Waals surface area contributed by atoms with Gasteiger partial charge in [-0.15, -0.1) is 0 Å². The molecule has 4 rings (SSSR count). The van der Waals surface area contributed by atoms with Crippen LogP contribution in [0, 0.1) is 11.8 Å². The fraction of sp³-hybridized carbons (Fsp3) is 0.636. The summed E-state index contributed by atoms with van der Waals surface area (Å²) in [6.45, 7) is 2.00. The summed E-state index contributed by atoms with van der Waals surface area (Å²) in [6.07, 6.45) is 6.20. The summed E-state index contributed by atoms with van der Waals surface area (Å²) in [4.78, 5) is 29.1. The number of nitrogens with one attached hydrogen (secondary N) is 1. The lowest BCUT2D eigenvalue weighted by molar-refractivity contribution is -0.134. The van der Waals surface area contributed by atoms with Crippen LogP contribution in [0.1, 0.15) is 44.1 Å². The number of amides is 2. The van der Waals surface area contributed by atoms with Crippen LogP contribution in [-0.2, 0) is 20.9 Å². The number of hydrogen-bond donors (Lipinski definition) is 1. The summed E-state index contributed by atoms with van der Waals surface area (Å²) in [5.41, 5.74) is 2.95. The fourth-order valence-electron chi connectivity index (χ4n) is 3.88. The van der Waals surface area contributed by atoms with Crippen molar-refractivity contribution >= 4 is 23.2 Å². The van der Waals surface area contributed by atoms with Gasteiger partial charge in [0, 0.05) is 57.0 Å². The largest absolute Gasteiger partial charge is 0.377 e. The van der Waals surface area contributed by atoms with Crippen molar-refractivity contribution in [3.63, 3.8) is 0 Å². The van der Waals surface area contributed by atoms with Gasteiger partial charge in [0.05, 0.1) is 6.10 Å². The van der Waals surface area contributed by atoms with Crippen molar-refractivity contribution in [3.05, 3.63) is 23.8 Å². The zero-order valence-corrected chi connectivity index (χ0v) is 16.9. The second-order valence-corrected chi connectivity index (χ2v) is 8.63. The van der Waals surface area contributed by atoms with Gasteiger partial charge in [0.2, 0.25) is 11.8 Å². The number of carbonyl (C=O) groups excluding carboxylic acids is 2. The van der Waals surface area contributed by atoms with Crippen molar-refractivity contribution in [1.29, 1.82) is 0 Å². The predicted molar refractivity (Wildman–Crippen MR) is 109 cm³/mol. The molecule has 3 aliphatic rings. The summed E-state index contributed by atoms with van der Waals surface area (Å²) in [7, 11) is 4.02. The number of carbonyl (C=O) groups is 2. The molecule has 0 bridgehead atoms. The molecule has 152 valence electrons. The molecule has 0 unspecified atom stereocenters. The topological polar surface area (TPSA) is 61.9 Å². The van der Waals surface area contributed by atoms with E-state index in [0.717, 1.165) is 62.1 Å². The monoisotopic (exact) mass is 385 g/mol. The van der Waals surface area contributed by atoms with E-state index in [1.54, 1.807) is 0 Å². The maximum atomic E-state index is 12.9. The molecule has 1 aromatic carbocycles. The average molecular weight is 386 g/mol. The van der Waals surface area contributed by atoms with E-state index in [1.807, 2.05) is 37.2 Å². The Balaban J connectivity index is 1.54. The lowest BCUT2D eigenvalue weighted by Gasteiger charge is -2.28. The Bertz CT molecular complexity index is 735. The van der Waals surface area contributed by atoms with E-state index in [0.29, 0.717) is 13.1 Å². The van der Waals surface area contributed by atoms with Gasteiger partial charge in [-0.05, 0) is 62.3 Å². The minimum atomic E-state index is 0.105. The van der Waals surface area contributed by atoms with E-state index in [9.17, 15) is 9.59 Å². The van der Waals surface area contributed by atoms with Crippen LogP contribution in [0.5, 0.6) is 0 Å². The lowest BCUT2D eigenvalue weighted by atomic mass is 10.1. The number of ether oxygens (including phenoxy) is 1. The van der Waals surface area contributed by atoms with E-state index in [2.05, 4.69) is 10.2 Å². The Hall–Kier alpha value is -2.08. The van der Waals surface area contributed by atoms with Gasteiger partial charge in [-0.1, -0.05) is 0 Å². The van der Waals surface area contributed by atoms with Crippen LogP contribution >= 0.6 is 0 Å². The van der Waals surface area contributed by atoms with Crippen molar-refractivity contribution < 1.29 is 14.3 Å². The SMILES string of the molecule is CN(C)c1ccc(NC(=O)C2CC2)cc1CN(C[C@@H]1CCCO1)C(=O)C1CC1. The number of benzene rings is 1. The molecule has 0 spiro atoms. The van der Waals surface area contributed by atoms with Gasteiger partial charge in [-0.25, -0.2) is 0 Å². The highest BCUT2D eigenvalue weighted by atomic mass is 16.5. The van der Waals surface area contributed by atoms with Crippen LogP contribution in [-0.4, -0.2) is 50.1 Å². The van der Waals surface area contributed by atoms with Crippen LogP contribution in [0.4, 0.5) is 11.4 Å². The molecule has 1 aromatic rings. The van der Waals surface area contributed by atoms with E-state index < -0.39 is 0 Å². The fourth-order valence-corrected chi connectivity index (χ4v) is 3.88. The molecule has 1 atom stereocenters. The van der Waals surface area contributed by atoms with Gasteiger partial charge in [0.15, 0.2) is 0 Å². The number of nitrogens with zero attached hydrogens (tertiary/aromatic N) is 2. The maximum absolute atomic E-state index is 12.9. The quantitative estimate of drug-likeness (QED) is 0.747. The molecule has 0 aromatic heterocycles. The number of hydrogen-bond acceptors (Lipinski definition) is 4. The van der Waals surface area contributed by atoms with Gasteiger partial charge >= 0.3 is 0 Å². The summed E-state index contributed by atoms with van der Waals surface area (Å²) < 4.78 is 5.80. The first-order valence-corrected chi connectivity index (χ1v) is 10.5. The molecule has 1 N–H and O–H groups in total. The van der Waals surface area contributed by atoms with Crippen LogP contribution in [0.3, 0.4) is 0 Å². The maximum Gasteiger partial charge on any atom is 0.227 e. The summed E-state index contributed by atoms with van der Waals surface area (Å²) in [6, 6.07) is 6.01. The Morgan fingerprint density at radius 1 is 1.11 bits per heavy atom. The molecule has 1 heterocycles. The summed E-state index contributed by atoms with van der Waals surface area (Å²) in [5, 5.41) is 3.04. The Labute approximate surface area is 167 Å². The zero-order valence-electron chi connectivity index (χ0n) is 16.9. The summed E-state index contributed by atoms with van der Waals surface area (Å²) in [5.74, 6) is 0.702. The number of rotatable bonds is 8. The molecular weight excluding hydrogens is 354 g/mol. The first-order valence-electron chi connectivity index (χ1n) is 10.5. The Kier molecular flexibility index (Phi) is 5.58. The normalized spacial score (nSPS) is 21.4. The zero-order chi connectivity index (χ0) is 19.7. The minimum absolute atomic E-state index is 0.105. The predicted octanol–water partition coefficient (Wildman–Crippen LogP) is 3.02. The Morgan fingerprint density at radius 2 is 1.86 bits per heavy atom. The molecule has 2 saturated carbocycles. The van der Waals surface area contributed by atoms with Crippen LogP contribution in [0.2, 0.25) is 0 Å². The third kappa shape index (κ3) is 4.66. The number of anilines is 2. The molecule has 0 radical (unpaired) electrons. The van der Waals surface area contributed by atoms with Crippen LogP contribution in [0.25, 0.3) is 0 Å². The van der Waals surface area contributed by atoms with E-state index in [1.165, 1.54) is 0 Å². The minimum Gasteiger partial charge on any atom is -0.377 e. The van der Waals surface area contributed by atoms with Crippen LogP contribution in [0.15, 0.2) is 18.2 Å². The lowest BCUT2D eigenvalue weighted by Crippen LogP contribution is -2.38. The summed E-state index contributed by atoms with van der Waals surface area (Å²) >= 11 is 0. The molecule has 6 heteroatoms. The standard InChI is InChI=1S/C22H31N3O3/c1-24(2)20-10-9-18(23-21(26)15-5-6-15)12-17(20)13-25(22(27)16-7-8-16)14-19-4-3-11-28-19/h9-10,12,15-16,19H,3-8,11,13-14H2,1-2H3,(H,23,26)/t19-/m0/s1. The first-order chi connectivity index (χ1) is 13.5. The van der Waals surface area contributed by atoms with Crippen LogP contribution < -0.4 is 10.2 Å². The van der Waals surface area contributed by atoms with Gasteiger partial charge in [0.1, 0.15) is 0 Å². The molecular formula is C22H31N3O3. The third-order valence-corrected chi connectivity index (χ3v) is 5.82. The Morgan fingerprint density at radius 3 is 2.46 bits per heavy atom. The molecule has 28 heavy (non-hydrogen) atoms. The van der Waals surface area contributed by atoms with E-state index in [4.69, 9.17) is 4.74 Å². The highest BCUT2D eigenvalue weighted by molar-refractivity contribution is 5.94. The molecule has 1 saturated heterocycles. The van der Waals surface area contributed by atoms with Gasteiger partial charge in [0.25, 0.3) is 0 Å². The van der Waals surface area contributed by atoms with E-state index in [-0.39, 0.29) is 29.8 Å². The van der Waals surface area contributed by atoms with Crippen molar-refractivity contribution in [3.8, 4) is 0 Å². The van der Waals surface area contributed by atoms with E-state index >= 15 is 0 Å². The first kappa shape index (κ1) is 19.2. The molecule has 2 amide bonds. The van der Waals surface area contributed by atoms with Crippen molar-refractivity contribution in [2.45, 2.75) is 51.2 Å². The van der Waals surface area contributed by atoms with Gasteiger partial charge < -0.3 is 19.9 Å². The third-order valence-electron chi connectivity index (χ3n) is 5.82. The van der Waals surface area contributed by atoms with Gasteiger partial charge in [-0.3, -0.25) is 9.59 Å². The highest BCUT2D eigenvalue weighted by Gasteiger charge is 2.35. The van der Waals surface area contributed by atoms with Crippen molar-refractivity contribution in [2.75, 3.05) is 37.5 Å². The van der Waals surface area contributed by atoms with Crippen molar-refractivity contribution in [1.82, 2.24) is 4.90 Å².